The molecule has 0 radical (unpaired) electrons. The molecule has 2 N–H and O–H groups in total. The smallest absolute Gasteiger partial charge is 0.330 e. The molecule has 0 aromatic heterocycles. The van der Waals surface area contributed by atoms with Crippen molar-refractivity contribution < 1.29 is 19.4 Å². The number of benzene rings is 1. The van der Waals surface area contributed by atoms with Gasteiger partial charge in [-0.1, -0.05) is 37.6 Å². The fourth-order valence-electron chi connectivity index (χ4n) is 3.15. The Kier molecular flexibility index (Phi) is 5.01. The van der Waals surface area contributed by atoms with Crippen molar-refractivity contribution in [1.82, 2.24) is 5.32 Å². The van der Waals surface area contributed by atoms with E-state index in [9.17, 15) is 14.7 Å². The summed E-state index contributed by atoms with van der Waals surface area (Å²) >= 11 is 5.91. The van der Waals surface area contributed by atoms with Crippen molar-refractivity contribution in [3.8, 4) is 0 Å². The number of ether oxygens (including phenoxy) is 1. The maximum absolute atomic E-state index is 12.3. The van der Waals surface area contributed by atoms with E-state index >= 15 is 0 Å². The monoisotopic (exact) mass is 339 g/mol. The maximum atomic E-state index is 12.3. The number of carbonyl (C=O) groups excluding carboxylic acids is 1. The molecule has 1 saturated carbocycles. The van der Waals surface area contributed by atoms with Crippen LogP contribution in [0, 0.1) is 5.41 Å². The van der Waals surface area contributed by atoms with Gasteiger partial charge in [0, 0.05) is 23.5 Å². The van der Waals surface area contributed by atoms with E-state index in [4.69, 9.17) is 16.3 Å². The summed E-state index contributed by atoms with van der Waals surface area (Å²) in [4.78, 5) is 24.2. The highest BCUT2D eigenvalue weighted by atomic mass is 35.5. The van der Waals surface area contributed by atoms with Crippen molar-refractivity contribution in [3.63, 3.8) is 0 Å². The fraction of sp³-hybridized carbons (Fsp3) is 0.529. The van der Waals surface area contributed by atoms with E-state index in [-0.39, 0.29) is 24.9 Å². The summed E-state index contributed by atoms with van der Waals surface area (Å²) in [6.45, 7) is 6.00. The van der Waals surface area contributed by atoms with Crippen LogP contribution in [0.2, 0.25) is 5.02 Å². The van der Waals surface area contributed by atoms with Crippen molar-refractivity contribution in [2.24, 2.45) is 5.41 Å². The Hall–Kier alpha value is -1.59. The van der Waals surface area contributed by atoms with Crippen molar-refractivity contribution in [1.29, 1.82) is 0 Å². The van der Waals surface area contributed by atoms with E-state index in [1.54, 1.807) is 24.3 Å². The number of aliphatic carboxylic acids is 1. The minimum absolute atomic E-state index is 0.0883. The summed E-state index contributed by atoms with van der Waals surface area (Å²) < 4.78 is 5.58. The van der Waals surface area contributed by atoms with Gasteiger partial charge in [-0.15, -0.1) is 0 Å². The molecule has 2 atom stereocenters. The van der Waals surface area contributed by atoms with Gasteiger partial charge in [0.2, 0.25) is 5.91 Å². The third kappa shape index (κ3) is 3.21. The first-order valence-electron chi connectivity index (χ1n) is 7.63. The molecule has 0 spiro atoms. The van der Waals surface area contributed by atoms with Crippen molar-refractivity contribution in [2.45, 2.75) is 45.3 Å². The third-order valence-corrected chi connectivity index (χ3v) is 4.97. The van der Waals surface area contributed by atoms with Crippen LogP contribution in [-0.2, 0) is 20.7 Å². The lowest BCUT2D eigenvalue weighted by molar-refractivity contribution is -0.194. The molecule has 2 unspecified atom stereocenters. The molecule has 1 aliphatic rings. The highest BCUT2D eigenvalue weighted by Gasteiger charge is 2.66. The Bertz CT molecular complexity index is 616. The quantitative estimate of drug-likeness (QED) is 0.835. The van der Waals surface area contributed by atoms with Crippen molar-refractivity contribution in [2.75, 3.05) is 6.61 Å². The Morgan fingerprint density at radius 2 is 2.13 bits per heavy atom. The van der Waals surface area contributed by atoms with Gasteiger partial charge in [-0.3, -0.25) is 4.79 Å². The summed E-state index contributed by atoms with van der Waals surface area (Å²) in [5.74, 6) is -1.37. The maximum Gasteiger partial charge on any atom is 0.330 e. The standard InChI is InChI=1S/C17H22ClNO4/c1-4-23-13-10-17(15(21)22,16(13,2)3)19-14(20)9-11-6-5-7-12(18)8-11/h5-8,13H,4,9-10H2,1-3H3,(H,19,20)(H,21,22). The summed E-state index contributed by atoms with van der Waals surface area (Å²) in [5, 5.41) is 12.9. The largest absolute Gasteiger partial charge is 0.479 e. The average Bonchev–Trinajstić information content (AvgIpc) is 2.45. The van der Waals surface area contributed by atoms with Crippen LogP contribution in [0.5, 0.6) is 0 Å². The van der Waals surface area contributed by atoms with Gasteiger partial charge >= 0.3 is 5.97 Å². The van der Waals surface area contributed by atoms with Crippen LogP contribution in [0.4, 0.5) is 0 Å². The Labute approximate surface area is 141 Å². The molecule has 23 heavy (non-hydrogen) atoms. The molecule has 2 rings (SSSR count). The van der Waals surface area contributed by atoms with Crippen LogP contribution in [-0.4, -0.2) is 35.2 Å². The highest BCUT2D eigenvalue weighted by Crippen LogP contribution is 2.51. The first kappa shape index (κ1) is 17.8. The molecule has 1 aromatic carbocycles. The second-order valence-electron chi connectivity index (χ2n) is 6.44. The molecule has 0 bridgehead atoms. The minimum Gasteiger partial charge on any atom is -0.479 e. The summed E-state index contributed by atoms with van der Waals surface area (Å²) in [5.41, 5.74) is -1.24. The second kappa shape index (κ2) is 6.49. The van der Waals surface area contributed by atoms with E-state index in [2.05, 4.69) is 5.32 Å². The van der Waals surface area contributed by atoms with Gasteiger partial charge in [0.05, 0.1) is 12.5 Å². The number of rotatable bonds is 6. The zero-order valence-corrected chi connectivity index (χ0v) is 14.3. The van der Waals surface area contributed by atoms with E-state index in [1.165, 1.54) is 0 Å². The molecular formula is C17H22ClNO4. The molecule has 1 amide bonds. The van der Waals surface area contributed by atoms with Gasteiger partial charge in [-0.2, -0.15) is 0 Å². The molecule has 0 aliphatic heterocycles. The van der Waals surface area contributed by atoms with Crippen LogP contribution >= 0.6 is 11.6 Å². The van der Waals surface area contributed by atoms with Crippen LogP contribution in [0.3, 0.4) is 0 Å². The molecule has 0 heterocycles. The molecule has 5 nitrogen and oxygen atoms in total. The van der Waals surface area contributed by atoms with Crippen LogP contribution in [0.15, 0.2) is 24.3 Å². The Balaban J connectivity index is 2.12. The molecule has 1 aliphatic carbocycles. The van der Waals surface area contributed by atoms with E-state index in [0.29, 0.717) is 11.6 Å². The lowest BCUT2D eigenvalue weighted by Gasteiger charge is -2.58. The first-order valence-corrected chi connectivity index (χ1v) is 8.01. The van der Waals surface area contributed by atoms with Gasteiger partial charge in [-0.05, 0) is 24.6 Å². The number of carbonyl (C=O) groups is 2. The molecule has 1 fully saturated rings. The van der Waals surface area contributed by atoms with Crippen LogP contribution in [0.1, 0.15) is 32.8 Å². The number of carboxylic acid groups (broad SMARTS) is 1. The van der Waals surface area contributed by atoms with Gasteiger partial charge in [0.25, 0.3) is 0 Å². The molecule has 0 saturated heterocycles. The predicted molar refractivity (Wildman–Crippen MR) is 87.5 cm³/mol. The van der Waals surface area contributed by atoms with Crippen molar-refractivity contribution in [3.05, 3.63) is 34.9 Å². The topological polar surface area (TPSA) is 75.6 Å². The SMILES string of the molecule is CCOC1CC(NC(=O)Cc2cccc(Cl)c2)(C(=O)O)C1(C)C. The lowest BCUT2D eigenvalue weighted by Crippen LogP contribution is -2.76. The van der Waals surface area contributed by atoms with Gasteiger partial charge in [-0.25, -0.2) is 4.79 Å². The van der Waals surface area contributed by atoms with Gasteiger partial charge in [0.15, 0.2) is 0 Å². The normalized spacial score (nSPS) is 25.5. The summed E-state index contributed by atoms with van der Waals surface area (Å²) in [6, 6.07) is 6.97. The zero-order chi connectivity index (χ0) is 17.3. The second-order valence-corrected chi connectivity index (χ2v) is 6.87. The van der Waals surface area contributed by atoms with Crippen LogP contribution < -0.4 is 5.32 Å². The molecule has 126 valence electrons. The van der Waals surface area contributed by atoms with E-state index < -0.39 is 16.9 Å². The van der Waals surface area contributed by atoms with Crippen molar-refractivity contribution >= 4 is 23.5 Å². The van der Waals surface area contributed by atoms with E-state index in [1.807, 2.05) is 20.8 Å². The molecular weight excluding hydrogens is 318 g/mol. The average molecular weight is 340 g/mol. The Morgan fingerprint density at radius 3 is 2.65 bits per heavy atom. The number of hydrogen-bond donors (Lipinski definition) is 2. The zero-order valence-electron chi connectivity index (χ0n) is 13.6. The fourth-order valence-corrected chi connectivity index (χ4v) is 3.36. The predicted octanol–water partition coefficient (Wildman–Crippen LogP) is 2.66. The van der Waals surface area contributed by atoms with Gasteiger partial charge in [0.1, 0.15) is 5.54 Å². The lowest BCUT2D eigenvalue weighted by atomic mass is 9.54. The molecule has 1 aromatic rings. The number of carboxylic acids is 1. The minimum atomic E-state index is -1.30. The van der Waals surface area contributed by atoms with E-state index in [0.717, 1.165) is 5.56 Å². The number of hydrogen-bond acceptors (Lipinski definition) is 3. The first-order chi connectivity index (χ1) is 10.7. The van der Waals surface area contributed by atoms with Gasteiger partial charge < -0.3 is 15.2 Å². The van der Waals surface area contributed by atoms with Crippen LogP contribution in [0.25, 0.3) is 0 Å². The number of nitrogens with one attached hydrogen (secondary N) is 1. The number of halogens is 1. The highest BCUT2D eigenvalue weighted by molar-refractivity contribution is 6.30. The number of amides is 1. The molecule has 6 heteroatoms. The third-order valence-electron chi connectivity index (χ3n) is 4.74. The summed E-state index contributed by atoms with van der Waals surface area (Å²) in [6.07, 6.45) is 0.171. The summed E-state index contributed by atoms with van der Waals surface area (Å²) in [7, 11) is 0. The Morgan fingerprint density at radius 1 is 1.43 bits per heavy atom.